The molecule has 0 saturated heterocycles. The Hall–Kier alpha value is -3.59. The van der Waals surface area contributed by atoms with Gasteiger partial charge in [-0.3, -0.25) is 18.6 Å². The van der Waals surface area contributed by atoms with E-state index >= 15 is 0 Å². The number of nitrogens with zero attached hydrogens (tertiary/aromatic N) is 1. The number of carbonyl (C=O) groups excluding carboxylic acids is 2. The molecule has 0 aromatic rings. The maximum Gasteiger partial charge on any atom is 0.472 e. The molecule has 0 heterocycles. The molecule has 0 radical (unpaired) electrons. The third-order valence-electron chi connectivity index (χ3n) is 18.5. The summed E-state index contributed by atoms with van der Waals surface area (Å²) in [6.45, 7) is 4.35. The first kappa shape index (κ1) is 96.4. The van der Waals surface area contributed by atoms with Crippen molar-refractivity contribution in [3.05, 3.63) is 122 Å². The molecule has 578 valence electrons. The van der Waals surface area contributed by atoms with Crippen molar-refractivity contribution in [1.29, 1.82) is 0 Å². The maximum atomic E-state index is 12.9. The van der Waals surface area contributed by atoms with Crippen molar-refractivity contribution in [2.24, 2.45) is 0 Å². The minimum Gasteiger partial charge on any atom is -0.462 e. The summed E-state index contributed by atoms with van der Waals surface area (Å²) in [6.07, 6.45) is 115. The molecule has 0 rings (SSSR count). The molecule has 0 aromatic heterocycles. The monoisotopic (exact) mass is 1420 g/mol. The number of quaternary nitrogens is 1. The van der Waals surface area contributed by atoms with Gasteiger partial charge in [-0.15, -0.1) is 0 Å². The van der Waals surface area contributed by atoms with Gasteiger partial charge >= 0.3 is 19.8 Å². The highest BCUT2D eigenvalue weighted by Gasteiger charge is 2.27. The van der Waals surface area contributed by atoms with Crippen LogP contribution in [0.15, 0.2) is 122 Å². The van der Waals surface area contributed by atoms with Crippen LogP contribution in [0.4, 0.5) is 0 Å². The second kappa shape index (κ2) is 79.5. The number of hydrogen-bond acceptors (Lipinski definition) is 7. The lowest BCUT2D eigenvalue weighted by atomic mass is 10.0. The summed E-state index contributed by atoms with van der Waals surface area (Å²) in [5, 5.41) is 0. The summed E-state index contributed by atoms with van der Waals surface area (Å²) in [5.41, 5.74) is 0. The van der Waals surface area contributed by atoms with E-state index in [1.165, 1.54) is 257 Å². The fraction of sp³-hybridized carbons (Fsp3) is 0.756. The zero-order valence-corrected chi connectivity index (χ0v) is 67.1. The van der Waals surface area contributed by atoms with Crippen LogP contribution in [0.3, 0.4) is 0 Å². The summed E-state index contributed by atoms with van der Waals surface area (Å²) in [6, 6.07) is 0. The molecule has 0 aliphatic rings. The molecule has 0 aromatic carbocycles. The van der Waals surface area contributed by atoms with Crippen molar-refractivity contribution in [1.82, 2.24) is 0 Å². The van der Waals surface area contributed by atoms with Crippen LogP contribution in [0.1, 0.15) is 386 Å². The van der Waals surface area contributed by atoms with Gasteiger partial charge in [-0.2, -0.15) is 0 Å². The Morgan fingerprint density at radius 3 is 0.850 bits per heavy atom. The molecule has 0 aliphatic carbocycles. The number of ether oxygens (including phenoxy) is 2. The van der Waals surface area contributed by atoms with Crippen LogP contribution in [-0.4, -0.2) is 74.9 Å². The van der Waals surface area contributed by atoms with Crippen molar-refractivity contribution in [3.63, 3.8) is 0 Å². The first-order valence-corrected chi connectivity index (χ1v) is 43.8. The topological polar surface area (TPSA) is 108 Å². The van der Waals surface area contributed by atoms with Gasteiger partial charge in [0.15, 0.2) is 6.10 Å². The van der Waals surface area contributed by atoms with Crippen molar-refractivity contribution >= 4 is 19.8 Å². The minimum absolute atomic E-state index is 0.0289. The normalized spacial score (nSPS) is 13.6. The predicted molar refractivity (Wildman–Crippen MR) is 436 cm³/mol. The zero-order valence-electron chi connectivity index (χ0n) is 66.2. The van der Waals surface area contributed by atoms with E-state index in [0.717, 1.165) is 96.3 Å². The third kappa shape index (κ3) is 83.4. The number of phosphoric acid groups is 1. The highest BCUT2D eigenvalue weighted by molar-refractivity contribution is 7.47. The van der Waals surface area contributed by atoms with E-state index < -0.39 is 26.5 Å². The van der Waals surface area contributed by atoms with Gasteiger partial charge in [-0.25, -0.2) is 4.57 Å². The highest BCUT2D eigenvalue weighted by Crippen LogP contribution is 2.43. The van der Waals surface area contributed by atoms with Crippen LogP contribution < -0.4 is 0 Å². The van der Waals surface area contributed by atoms with Crippen molar-refractivity contribution in [3.8, 4) is 0 Å². The smallest absolute Gasteiger partial charge is 0.462 e. The Kier molecular flexibility index (Phi) is 76.7. The van der Waals surface area contributed by atoms with Crippen LogP contribution in [0, 0.1) is 0 Å². The summed E-state index contributed by atoms with van der Waals surface area (Å²) >= 11 is 0. The lowest BCUT2D eigenvalue weighted by molar-refractivity contribution is -0.870. The van der Waals surface area contributed by atoms with E-state index in [1.54, 1.807) is 0 Å². The number of unbranched alkanes of at least 4 members (excludes halogenated alkanes) is 44. The van der Waals surface area contributed by atoms with Gasteiger partial charge in [0.05, 0.1) is 27.7 Å². The van der Waals surface area contributed by atoms with Crippen LogP contribution in [0.2, 0.25) is 0 Å². The lowest BCUT2D eigenvalue weighted by Crippen LogP contribution is -2.37. The first-order chi connectivity index (χ1) is 49.0. The van der Waals surface area contributed by atoms with Gasteiger partial charge in [-0.05, 0) is 109 Å². The average Bonchev–Trinajstić information content (AvgIpc) is 1.02. The molecule has 2 unspecified atom stereocenters. The Balaban J connectivity index is 3.94. The van der Waals surface area contributed by atoms with Gasteiger partial charge in [0, 0.05) is 12.8 Å². The quantitative estimate of drug-likeness (QED) is 0.0211. The second-order valence-electron chi connectivity index (χ2n) is 29.5. The molecule has 0 saturated carbocycles. The fourth-order valence-electron chi connectivity index (χ4n) is 12.1. The van der Waals surface area contributed by atoms with Crippen molar-refractivity contribution in [2.45, 2.75) is 392 Å². The van der Waals surface area contributed by atoms with Crippen LogP contribution >= 0.6 is 7.82 Å². The summed E-state index contributed by atoms with van der Waals surface area (Å²) in [4.78, 5) is 36.0. The summed E-state index contributed by atoms with van der Waals surface area (Å²) < 4.78 is 34.9. The Bertz CT molecular complexity index is 2110. The number of allylic oxidation sites excluding steroid dienone is 20. The predicted octanol–water partition coefficient (Wildman–Crippen LogP) is 28.5. The standard InChI is InChI=1S/C90H160NO8P/c1-6-8-10-12-14-16-18-20-22-24-26-28-30-32-34-36-38-40-42-44-45-47-48-50-52-54-56-58-60-62-64-66-68-70-72-74-76-78-80-82-89(92)96-86-88(87-98-100(94,95)97-85-84-91(3,4)5)99-90(93)83-81-79-77-75-73-71-69-67-65-63-61-59-57-55-53-51-49-46-43-41-39-37-35-33-31-29-27-25-23-21-19-17-15-13-11-9-7-2/h9,11,15,17-18,20-21,23-24,26-27,29,33,35,39,41,46,49,53,55,88H,6-8,10,12-14,16,19,22,25,28,30-32,34,36-38,40,42-45,47-48,50-52,54,56-87H2,1-5H3/p+1/b11-9-,17-15-,20-18-,23-21-,26-24-,29-27-,35-33-,41-39-,49-46-,55-53-. The minimum atomic E-state index is -4.40. The van der Waals surface area contributed by atoms with Crippen LogP contribution in [-0.2, 0) is 32.7 Å². The highest BCUT2D eigenvalue weighted by atomic mass is 31.2. The molecule has 9 nitrogen and oxygen atoms in total. The second-order valence-corrected chi connectivity index (χ2v) is 30.9. The molecule has 2 atom stereocenters. The van der Waals surface area contributed by atoms with Gasteiger partial charge in [0.1, 0.15) is 19.8 Å². The zero-order chi connectivity index (χ0) is 72.5. The van der Waals surface area contributed by atoms with Crippen molar-refractivity contribution in [2.75, 3.05) is 47.5 Å². The molecule has 10 heteroatoms. The number of rotatable bonds is 78. The molecule has 0 amide bonds. The summed E-state index contributed by atoms with van der Waals surface area (Å²) in [7, 11) is 1.48. The van der Waals surface area contributed by atoms with Crippen molar-refractivity contribution < 1.29 is 42.1 Å². The Labute approximate surface area is 619 Å². The molecular formula is C90H161NO8P+. The third-order valence-corrected chi connectivity index (χ3v) is 19.5. The molecule has 0 aliphatic heterocycles. The molecule has 1 N–H and O–H groups in total. The number of hydrogen-bond donors (Lipinski definition) is 1. The SMILES string of the molecule is CC/C=C\C/C=C\C/C=C\C/C=C\C/C=C\C/C=C\C/C=C\C/C=C\CCCCCCCCCCCCCCC(=O)OC(COC(=O)CCCCCCCCCCCCCCCCCCCCCCCCCCCCC/C=C\C/C=C\CCCCCCC)COP(=O)(O)OCC[N+](C)(C)C. The number of carbonyl (C=O) groups is 2. The van der Waals surface area contributed by atoms with Crippen LogP contribution in [0.25, 0.3) is 0 Å². The van der Waals surface area contributed by atoms with E-state index in [9.17, 15) is 19.0 Å². The van der Waals surface area contributed by atoms with E-state index in [0.29, 0.717) is 17.4 Å². The molecule has 100 heavy (non-hydrogen) atoms. The van der Waals surface area contributed by atoms with E-state index in [2.05, 4.69) is 135 Å². The first-order valence-electron chi connectivity index (χ1n) is 42.3. The molecule has 0 fully saturated rings. The number of esters is 2. The van der Waals surface area contributed by atoms with Gasteiger partial charge < -0.3 is 18.9 Å². The molecule has 0 bridgehead atoms. The Morgan fingerprint density at radius 2 is 0.570 bits per heavy atom. The fourth-order valence-corrected chi connectivity index (χ4v) is 12.8. The van der Waals surface area contributed by atoms with Gasteiger partial charge in [0.2, 0.25) is 0 Å². The van der Waals surface area contributed by atoms with Crippen LogP contribution in [0.5, 0.6) is 0 Å². The Morgan fingerprint density at radius 1 is 0.320 bits per heavy atom. The number of phosphoric ester groups is 1. The largest absolute Gasteiger partial charge is 0.472 e. The molecule has 0 spiro atoms. The summed E-state index contributed by atoms with van der Waals surface area (Å²) in [5.74, 6) is -0.787. The maximum absolute atomic E-state index is 12.9. The molecular weight excluding hydrogens is 1250 g/mol. The van der Waals surface area contributed by atoms with Gasteiger partial charge in [-0.1, -0.05) is 386 Å². The lowest BCUT2D eigenvalue weighted by Gasteiger charge is -2.24. The van der Waals surface area contributed by atoms with E-state index in [4.69, 9.17) is 18.5 Å². The number of likely N-dealkylation sites (N-methyl/N-ethyl adjacent to an activating group) is 1. The van der Waals surface area contributed by atoms with E-state index in [-0.39, 0.29) is 32.0 Å². The average molecular weight is 1420 g/mol. The van der Waals surface area contributed by atoms with Gasteiger partial charge in [0.25, 0.3) is 0 Å². The van der Waals surface area contributed by atoms with E-state index in [1.807, 2.05) is 21.1 Å².